The van der Waals surface area contributed by atoms with Crippen molar-refractivity contribution in [3.63, 3.8) is 0 Å². The lowest BCUT2D eigenvalue weighted by Crippen LogP contribution is -2.07. The Morgan fingerprint density at radius 1 is 1.57 bits per heavy atom. The van der Waals surface area contributed by atoms with Crippen LogP contribution in [0.25, 0.3) is 0 Å². The second-order valence-electron chi connectivity index (χ2n) is 2.74. The van der Waals surface area contributed by atoms with Crippen LogP contribution in [0.1, 0.15) is 0 Å². The highest BCUT2D eigenvalue weighted by Gasteiger charge is 2.03. The average molecular weight is 214 g/mol. The van der Waals surface area contributed by atoms with Crippen molar-refractivity contribution in [3.8, 4) is 0 Å². The first-order valence-electron chi connectivity index (χ1n) is 3.90. The van der Waals surface area contributed by atoms with Gasteiger partial charge in [0.15, 0.2) is 16.8 Å². The predicted molar refractivity (Wildman–Crippen MR) is 55.6 cm³/mol. The highest BCUT2D eigenvalue weighted by Crippen LogP contribution is 2.16. The maximum absolute atomic E-state index is 13.1. The summed E-state index contributed by atoms with van der Waals surface area (Å²) in [5.41, 5.74) is 0. The van der Waals surface area contributed by atoms with E-state index in [9.17, 15) is 4.39 Å². The molecule has 14 heavy (non-hydrogen) atoms. The molecule has 6 heteroatoms. The summed E-state index contributed by atoms with van der Waals surface area (Å²) < 4.78 is 13.1. The molecule has 0 amide bonds. The molecule has 0 N–H and O–H groups in total. The van der Waals surface area contributed by atoms with E-state index in [0.717, 1.165) is 6.20 Å². The third-order valence-electron chi connectivity index (χ3n) is 1.30. The highest BCUT2D eigenvalue weighted by molar-refractivity contribution is 7.98. The lowest BCUT2D eigenvalue weighted by atomic mass is 10.6. The summed E-state index contributed by atoms with van der Waals surface area (Å²) in [5, 5.41) is 0.511. The van der Waals surface area contributed by atoms with Crippen LogP contribution >= 0.6 is 11.8 Å². The standard InChI is InChI=1S/C8H11FN4S/c1-13(2)5-11-7-6(9)4-10-8(12-7)14-3/h4-5H,1-3H3/b11-5-. The summed E-state index contributed by atoms with van der Waals surface area (Å²) in [6, 6.07) is 0. The van der Waals surface area contributed by atoms with Gasteiger partial charge in [-0.2, -0.15) is 4.98 Å². The van der Waals surface area contributed by atoms with Crippen LogP contribution in [-0.2, 0) is 0 Å². The molecule has 0 unspecified atom stereocenters. The van der Waals surface area contributed by atoms with Crippen molar-refractivity contribution in [2.24, 2.45) is 4.99 Å². The molecule has 0 aromatic carbocycles. The molecule has 0 spiro atoms. The lowest BCUT2D eigenvalue weighted by molar-refractivity contribution is 0.605. The molecule has 0 radical (unpaired) electrons. The van der Waals surface area contributed by atoms with Crippen LogP contribution in [0.15, 0.2) is 16.3 Å². The summed E-state index contributed by atoms with van der Waals surface area (Å²) in [6.45, 7) is 0. The van der Waals surface area contributed by atoms with Crippen molar-refractivity contribution in [2.45, 2.75) is 5.16 Å². The molecule has 1 rings (SSSR count). The van der Waals surface area contributed by atoms with Crippen LogP contribution in [0.3, 0.4) is 0 Å². The van der Waals surface area contributed by atoms with Crippen LogP contribution in [0, 0.1) is 5.82 Å². The van der Waals surface area contributed by atoms with E-state index in [1.165, 1.54) is 18.1 Å². The zero-order valence-corrected chi connectivity index (χ0v) is 9.05. The number of aromatic nitrogens is 2. The Morgan fingerprint density at radius 2 is 2.29 bits per heavy atom. The largest absolute Gasteiger partial charge is 0.369 e. The number of hydrogen-bond donors (Lipinski definition) is 0. The van der Waals surface area contributed by atoms with Gasteiger partial charge < -0.3 is 4.90 Å². The molecule has 0 saturated carbocycles. The molecule has 1 aromatic heterocycles. The molecule has 0 aliphatic heterocycles. The fourth-order valence-electron chi connectivity index (χ4n) is 0.702. The number of hydrogen-bond acceptors (Lipinski definition) is 4. The number of nitrogens with zero attached hydrogens (tertiary/aromatic N) is 4. The topological polar surface area (TPSA) is 41.4 Å². The fraction of sp³-hybridized carbons (Fsp3) is 0.375. The van der Waals surface area contributed by atoms with Gasteiger partial charge in [0.2, 0.25) is 0 Å². The third-order valence-corrected chi connectivity index (χ3v) is 1.86. The molecular weight excluding hydrogens is 203 g/mol. The van der Waals surface area contributed by atoms with E-state index in [-0.39, 0.29) is 5.82 Å². The molecule has 0 aliphatic rings. The first kappa shape index (κ1) is 10.9. The van der Waals surface area contributed by atoms with E-state index in [4.69, 9.17) is 0 Å². The van der Waals surface area contributed by atoms with Crippen molar-refractivity contribution in [2.75, 3.05) is 20.4 Å². The number of rotatable bonds is 3. The first-order valence-corrected chi connectivity index (χ1v) is 5.13. The molecule has 1 aromatic rings. The molecule has 0 saturated heterocycles. The van der Waals surface area contributed by atoms with Gasteiger partial charge in [-0.15, -0.1) is 0 Å². The minimum absolute atomic E-state index is 0.0676. The van der Waals surface area contributed by atoms with Gasteiger partial charge in [-0.25, -0.2) is 14.4 Å². The zero-order chi connectivity index (χ0) is 10.6. The van der Waals surface area contributed by atoms with Crippen LogP contribution in [0.2, 0.25) is 0 Å². The van der Waals surface area contributed by atoms with Gasteiger partial charge in [0.1, 0.15) is 0 Å². The fourth-order valence-corrected chi connectivity index (χ4v) is 1.04. The van der Waals surface area contributed by atoms with Crippen molar-refractivity contribution in [1.82, 2.24) is 14.9 Å². The Morgan fingerprint density at radius 3 is 2.86 bits per heavy atom. The summed E-state index contributed by atoms with van der Waals surface area (Å²) in [5.74, 6) is -0.445. The Balaban J connectivity index is 2.94. The van der Waals surface area contributed by atoms with Crippen LogP contribution in [-0.4, -0.2) is 41.6 Å². The predicted octanol–water partition coefficient (Wildman–Crippen LogP) is 1.56. The second kappa shape index (κ2) is 4.90. The molecule has 1 heterocycles. The number of thioether (sulfide) groups is 1. The van der Waals surface area contributed by atoms with Crippen molar-refractivity contribution in [3.05, 3.63) is 12.0 Å². The van der Waals surface area contributed by atoms with Gasteiger partial charge in [0, 0.05) is 14.1 Å². The van der Waals surface area contributed by atoms with Gasteiger partial charge in [0.25, 0.3) is 0 Å². The van der Waals surface area contributed by atoms with E-state index in [1.807, 2.05) is 6.26 Å². The smallest absolute Gasteiger partial charge is 0.194 e. The van der Waals surface area contributed by atoms with Gasteiger partial charge in [0.05, 0.1) is 12.5 Å². The number of aliphatic imine (C=N–C) groups is 1. The van der Waals surface area contributed by atoms with Crippen molar-refractivity contribution in [1.29, 1.82) is 0 Å². The second-order valence-corrected chi connectivity index (χ2v) is 3.51. The average Bonchev–Trinajstić information content (AvgIpc) is 2.16. The number of halogens is 1. The molecule has 4 nitrogen and oxygen atoms in total. The van der Waals surface area contributed by atoms with Gasteiger partial charge in [-0.1, -0.05) is 11.8 Å². The molecule has 0 atom stereocenters. The highest BCUT2D eigenvalue weighted by atomic mass is 32.2. The van der Waals surface area contributed by atoms with E-state index >= 15 is 0 Å². The van der Waals surface area contributed by atoms with Gasteiger partial charge in [-0.05, 0) is 6.26 Å². The van der Waals surface area contributed by atoms with E-state index in [1.54, 1.807) is 19.0 Å². The summed E-state index contributed by atoms with van der Waals surface area (Å²) in [4.78, 5) is 13.3. The van der Waals surface area contributed by atoms with E-state index in [2.05, 4.69) is 15.0 Å². The Kier molecular flexibility index (Phi) is 3.82. The van der Waals surface area contributed by atoms with Crippen LogP contribution in [0.5, 0.6) is 0 Å². The van der Waals surface area contributed by atoms with E-state index in [0.29, 0.717) is 5.16 Å². The van der Waals surface area contributed by atoms with Crippen LogP contribution in [0.4, 0.5) is 10.2 Å². The quantitative estimate of drug-likeness (QED) is 0.331. The molecule has 0 fully saturated rings. The minimum atomic E-state index is -0.513. The van der Waals surface area contributed by atoms with Crippen molar-refractivity contribution >= 4 is 23.9 Å². The SMILES string of the molecule is CSc1ncc(F)c(/N=C\N(C)C)n1. The summed E-state index contributed by atoms with van der Waals surface area (Å²) >= 11 is 1.35. The van der Waals surface area contributed by atoms with Gasteiger partial charge in [-0.3, -0.25) is 0 Å². The maximum Gasteiger partial charge on any atom is 0.194 e. The summed E-state index contributed by atoms with van der Waals surface area (Å²) in [7, 11) is 3.61. The summed E-state index contributed by atoms with van der Waals surface area (Å²) in [6.07, 6.45) is 4.45. The van der Waals surface area contributed by atoms with Crippen LogP contribution < -0.4 is 0 Å². The Bertz CT molecular complexity index is 340. The lowest BCUT2D eigenvalue weighted by Gasteiger charge is -2.02. The van der Waals surface area contributed by atoms with E-state index < -0.39 is 5.82 Å². The molecule has 76 valence electrons. The Hall–Kier alpha value is -1.17. The molecule has 0 aliphatic carbocycles. The minimum Gasteiger partial charge on any atom is -0.369 e. The van der Waals surface area contributed by atoms with Crippen molar-refractivity contribution < 1.29 is 4.39 Å². The zero-order valence-electron chi connectivity index (χ0n) is 8.23. The first-order chi connectivity index (χ1) is 6.63. The molecular formula is C8H11FN4S. The molecule has 0 bridgehead atoms. The maximum atomic E-state index is 13.1. The Labute approximate surface area is 86.3 Å². The monoisotopic (exact) mass is 214 g/mol. The third kappa shape index (κ3) is 2.95. The van der Waals surface area contributed by atoms with Gasteiger partial charge >= 0.3 is 0 Å². The normalized spacial score (nSPS) is 10.9.